The Labute approximate surface area is 393 Å². The minimum absolute atomic E-state index is 0.0373. The van der Waals surface area contributed by atoms with Gasteiger partial charge in [0.15, 0.2) is 5.82 Å². The van der Waals surface area contributed by atoms with Gasteiger partial charge in [0.25, 0.3) is 0 Å². The Bertz CT molecular complexity index is 2770. The van der Waals surface area contributed by atoms with Gasteiger partial charge in [0.05, 0.1) is 17.7 Å². The minimum Gasteiger partial charge on any atom is -0.508 e. The summed E-state index contributed by atoms with van der Waals surface area (Å²) >= 11 is 0. The molecule has 6 heterocycles. The van der Waals surface area contributed by atoms with Crippen molar-refractivity contribution in [3.05, 3.63) is 71.7 Å². The Morgan fingerprint density at radius 1 is 0.926 bits per heavy atom. The normalized spacial score (nSPS) is 21.3. The fourth-order valence-electron chi connectivity index (χ4n) is 10.8. The Morgan fingerprint density at radius 2 is 1.72 bits per heavy atom. The summed E-state index contributed by atoms with van der Waals surface area (Å²) in [4.78, 5) is 60.0. The first kappa shape index (κ1) is 45.5. The number of piperazine rings is 1. The van der Waals surface area contributed by atoms with Crippen molar-refractivity contribution in [3.8, 4) is 23.0 Å². The number of halogens is 3. The summed E-state index contributed by atoms with van der Waals surface area (Å²) in [6.45, 7) is 10.2. The molecule has 3 amide bonds. The largest absolute Gasteiger partial charge is 0.508 e. The summed E-state index contributed by atoms with van der Waals surface area (Å²) in [6, 6.07) is 10.2. The highest BCUT2D eigenvalue weighted by atomic mass is 19.1. The molecule has 5 aromatic rings. The van der Waals surface area contributed by atoms with Crippen molar-refractivity contribution in [2.45, 2.75) is 77.7 Å². The van der Waals surface area contributed by atoms with E-state index in [9.17, 15) is 19.5 Å². The highest BCUT2D eigenvalue weighted by Gasteiger charge is 2.46. The molecule has 17 heteroatoms. The zero-order valence-electron chi connectivity index (χ0n) is 38.6. The quantitative estimate of drug-likeness (QED) is 0.108. The maximum Gasteiger partial charge on any atom is 0.319 e. The molecular weight excluding hydrogens is 876 g/mol. The van der Waals surface area contributed by atoms with E-state index in [0.717, 1.165) is 71.2 Å². The zero-order valence-corrected chi connectivity index (χ0v) is 38.6. The average Bonchev–Trinajstić information content (AvgIpc) is 4.11. The molecule has 2 aromatic heterocycles. The van der Waals surface area contributed by atoms with Crippen LogP contribution in [-0.2, 0) is 20.8 Å². The molecule has 5 aliphatic rings. The summed E-state index contributed by atoms with van der Waals surface area (Å²) in [5.41, 5.74) is 1.51. The second-order valence-corrected chi connectivity index (χ2v) is 19.6. The van der Waals surface area contributed by atoms with Gasteiger partial charge >= 0.3 is 6.01 Å². The first-order chi connectivity index (χ1) is 32.8. The molecule has 0 spiro atoms. The predicted octanol–water partition coefficient (Wildman–Crippen LogP) is 7.20. The standard InChI is InChI=1S/C51H58F3N9O5/c1-3-35-38(52)8-6-32-23-34(64)25-36(43(32)35)45-44(54)46-37(26-55-45)47(63-16-4-5-30(2)27-63)59-50(58-46)68-29-51(14-15-51)28-60-17-12-31(13-18-60)49(67)62-21-19-61(20-22-62)41-10-7-33(24-39(41)53)56-40-9-11-42(65)57-48(40)66/h6-8,10,23-26,30-31,40,56,64H,3-5,9,11-22,27-29H2,1-2H3,(H,57,65,66)/t30-,40?/m0/s1. The Balaban J connectivity index is 0.777. The fourth-order valence-corrected chi connectivity index (χ4v) is 10.8. The molecule has 3 N–H and O–H groups in total. The Morgan fingerprint density at radius 3 is 2.44 bits per heavy atom. The molecule has 1 unspecified atom stereocenters. The van der Waals surface area contributed by atoms with E-state index < -0.39 is 29.4 Å². The molecule has 0 radical (unpaired) electrons. The lowest BCUT2D eigenvalue weighted by Crippen LogP contribution is -2.52. The van der Waals surface area contributed by atoms with Gasteiger partial charge in [-0.25, -0.2) is 13.2 Å². The third-order valence-corrected chi connectivity index (χ3v) is 14.8. The number of nitrogens with one attached hydrogen (secondary N) is 2. The van der Waals surface area contributed by atoms with E-state index in [-0.39, 0.29) is 58.1 Å². The number of aromatic hydroxyl groups is 1. The van der Waals surface area contributed by atoms with Crippen LogP contribution in [0.1, 0.15) is 70.8 Å². The number of phenols is 1. The van der Waals surface area contributed by atoms with Crippen LogP contribution in [0.25, 0.3) is 32.9 Å². The van der Waals surface area contributed by atoms with Crippen LogP contribution in [0.5, 0.6) is 11.8 Å². The van der Waals surface area contributed by atoms with Crippen molar-refractivity contribution in [3.63, 3.8) is 0 Å². The number of nitrogens with zero attached hydrogens (tertiary/aromatic N) is 7. The number of rotatable bonds is 12. The minimum atomic E-state index is -0.693. The second-order valence-electron chi connectivity index (χ2n) is 19.6. The number of carbonyl (C=O) groups excluding carboxylic acids is 3. The van der Waals surface area contributed by atoms with E-state index in [4.69, 9.17) is 14.7 Å². The summed E-state index contributed by atoms with van der Waals surface area (Å²) in [7, 11) is 0. The number of imide groups is 1. The summed E-state index contributed by atoms with van der Waals surface area (Å²) < 4.78 is 54.0. The van der Waals surface area contributed by atoms with Crippen LogP contribution in [0, 0.1) is 34.7 Å². The molecule has 3 aromatic carbocycles. The molecule has 4 saturated heterocycles. The lowest BCUT2D eigenvalue weighted by atomic mass is 9.94. The van der Waals surface area contributed by atoms with Crippen molar-refractivity contribution >= 4 is 56.6 Å². The maximum absolute atomic E-state index is 17.1. The van der Waals surface area contributed by atoms with Crippen molar-refractivity contribution in [1.82, 2.24) is 30.1 Å². The van der Waals surface area contributed by atoms with E-state index in [1.165, 1.54) is 18.2 Å². The number of fused-ring (bicyclic) bond motifs is 2. The number of phenolic OH excluding ortho intramolecular Hbond substituents is 1. The Kier molecular flexibility index (Phi) is 12.5. The number of aryl methyl sites for hydroxylation is 1. The van der Waals surface area contributed by atoms with Gasteiger partial charge in [0.2, 0.25) is 17.7 Å². The van der Waals surface area contributed by atoms with E-state index in [2.05, 4.69) is 32.3 Å². The second kappa shape index (κ2) is 18.7. The summed E-state index contributed by atoms with van der Waals surface area (Å²) in [5, 5.41) is 17.6. The number of carbonyl (C=O) groups is 3. The molecule has 14 nitrogen and oxygen atoms in total. The van der Waals surface area contributed by atoms with E-state index in [0.29, 0.717) is 90.5 Å². The number of piperidine rings is 3. The first-order valence-corrected chi connectivity index (χ1v) is 24.2. The SMILES string of the molecule is CCc1c(F)ccc2cc(O)cc(-c3ncc4c(N5CCC[C@H](C)C5)nc(OCC5(CN6CCC(C(=O)N7CCN(c8ccc(NC9CCC(=O)NC9=O)cc8F)CC7)CC6)CC5)nc4c3F)c12. The lowest BCUT2D eigenvalue weighted by molar-refractivity contribution is -0.137. The maximum atomic E-state index is 17.1. The number of ether oxygens (including phenoxy) is 1. The van der Waals surface area contributed by atoms with E-state index in [1.54, 1.807) is 30.5 Å². The monoisotopic (exact) mass is 933 g/mol. The highest BCUT2D eigenvalue weighted by molar-refractivity contribution is 6.02. The van der Waals surface area contributed by atoms with Crippen LogP contribution in [0.2, 0.25) is 0 Å². The van der Waals surface area contributed by atoms with Gasteiger partial charge in [-0.2, -0.15) is 9.97 Å². The number of anilines is 3. The van der Waals surface area contributed by atoms with Crippen LogP contribution >= 0.6 is 0 Å². The average molecular weight is 934 g/mol. The molecule has 2 atom stereocenters. The number of likely N-dealkylation sites (tertiary alicyclic amines) is 1. The first-order valence-electron chi connectivity index (χ1n) is 24.2. The number of hydrogen-bond donors (Lipinski definition) is 3. The summed E-state index contributed by atoms with van der Waals surface area (Å²) in [5.74, 6) is -1.28. The number of pyridine rings is 1. The van der Waals surface area contributed by atoms with Gasteiger partial charge in [-0.3, -0.25) is 24.7 Å². The van der Waals surface area contributed by atoms with Crippen LogP contribution < -0.4 is 25.2 Å². The van der Waals surface area contributed by atoms with Crippen molar-refractivity contribution in [2.75, 3.05) is 80.6 Å². The molecule has 10 rings (SSSR count). The number of aromatic nitrogens is 3. The number of benzene rings is 3. The molecule has 5 fully saturated rings. The van der Waals surface area contributed by atoms with Crippen molar-refractivity contribution in [2.24, 2.45) is 17.3 Å². The topological polar surface area (TPSA) is 156 Å². The van der Waals surface area contributed by atoms with E-state index in [1.807, 2.05) is 16.7 Å². The van der Waals surface area contributed by atoms with Crippen molar-refractivity contribution < 1.29 is 37.4 Å². The fraction of sp³-hybridized carbons (Fsp3) is 0.490. The molecule has 68 heavy (non-hydrogen) atoms. The zero-order chi connectivity index (χ0) is 47.3. The van der Waals surface area contributed by atoms with Crippen LogP contribution in [0.3, 0.4) is 0 Å². The third kappa shape index (κ3) is 9.20. The molecule has 1 aliphatic carbocycles. The molecular formula is C51H58F3N9O5. The van der Waals surface area contributed by atoms with Crippen LogP contribution in [0.4, 0.5) is 30.4 Å². The van der Waals surface area contributed by atoms with Gasteiger partial charge < -0.3 is 34.8 Å². The van der Waals surface area contributed by atoms with Gasteiger partial charge in [-0.05, 0) is 123 Å². The molecule has 358 valence electrons. The Hall–Kier alpha value is -6.23. The van der Waals surface area contributed by atoms with Crippen molar-refractivity contribution in [1.29, 1.82) is 0 Å². The molecule has 1 saturated carbocycles. The highest BCUT2D eigenvalue weighted by Crippen LogP contribution is 2.47. The van der Waals surface area contributed by atoms with Crippen LogP contribution in [-0.4, -0.2) is 119 Å². The number of hydrogen-bond acceptors (Lipinski definition) is 12. The third-order valence-electron chi connectivity index (χ3n) is 14.8. The van der Waals surface area contributed by atoms with E-state index >= 15 is 13.2 Å². The lowest BCUT2D eigenvalue weighted by Gasteiger charge is -2.40. The molecule has 4 aliphatic heterocycles. The number of amides is 3. The summed E-state index contributed by atoms with van der Waals surface area (Å²) in [6.07, 6.45) is 7.98. The van der Waals surface area contributed by atoms with Gasteiger partial charge in [0, 0.05) is 81.0 Å². The molecule has 0 bridgehead atoms. The predicted molar refractivity (Wildman–Crippen MR) is 253 cm³/mol. The van der Waals surface area contributed by atoms with Gasteiger partial charge in [0.1, 0.15) is 40.5 Å². The van der Waals surface area contributed by atoms with Crippen LogP contribution in [0.15, 0.2) is 48.7 Å². The van der Waals surface area contributed by atoms with Gasteiger partial charge in [-0.1, -0.05) is 19.9 Å². The van der Waals surface area contributed by atoms with Gasteiger partial charge in [-0.15, -0.1) is 0 Å². The smallest absolute Gasteiger partial charge is 0.319 e.